The number of carboxylic acids is 2. The molecule has 0 saturated carbocycles. The van der Waals surface area contributed by atoms with Gasteiger partial charge in [0.2, 0.25) is 0 Å². The van der Waals surface area contributed by atoms with Crippen molar-refractivity contribution in [1.82, 2.24) is 0 Å². The van der Waals surface area contributed by atoms with Gasteiger partial charge in [-0.15, -0.1) is 0 Å². The first-order valence-corrected chi connectivity index (χ1v) is 15.2. The minimum Gasteiger partial charge on any atom is -0.506 e. The molecule has 0 aliphatic carbocycles. The number of halogens is 4. The highest BCUT2D eigenvalue weighted by molar-refractivity contribution is 9.11. The van der Waals surface area contributed by atoms with E-state index in [-0.39, 0.29) is 22.6 Å². The smallest absolute Gasteiger partial charge is 0.335 e. The van der Waals surface area contributed by atoms with Crippen LogP contribution < -0.4 is 0 Å². The van der Waals surface area contributed by atoms with Gasteiger partial charge < -0.3 is 20.4 Å². The molecular formula is C30H20Br4N2O6. The number of carbonyl (C=O) groups is 2. The molecule has 0 amide bonds. The van der Waals surface area contributed by atoms with Crippen LogP contribution in [-0.2, 0) is 0 Å². The van der Waals surface area contributed by atoms with Gasteiger partial charge in [0, 0.05) is 32.5 Å². The minimum absolute atomic E-state index is 0.0308. The van der Waals surface area contributed by atoms with Gasteiger partial charge in [0.25, 0.3) is 0 Å². The normalized spacial score (nSPS) is 13.0. The van der Waals surface area contributed by atoms with Crippen LogP contribution in [0.3, 0.4) is 0 Å². The van der Waals surface area contributed by atoms with Crippen molar-refractivity contribution >= 4 is 88.1 Å². The molecule has 4 aromatic rings. The van der Waals surface area contributed by atoms with E-state index in [2.05, 4.69) is 63.7 Å². The van der Waals surface area contributed by atoms with E-state index in [1.54, 1.807) is 48.5 Å². The molecule has 4 rings (SSSR count). The van der Waals surface area contributed by atoms with Crippen molar-refractivity contribution in [3.63, 3.8) is 0 Å². The fraction of sp³-hybridized carbons (Fsp3) is 0.0667. The van der Waals surface area contributed by atoms with Crippen molar-refractivity contribution in [2.45, 2.75) is 12.1 Å². The lowest BCUT2D eigenvalue weighted by Gasteiger charge is -2.22. The van der Waals surface area contributed by atoms with Gasteiger partial charge in [-0.05, 0) is 91.5 Å². The lowest BCUT2D eigenvalue weighted by Crippen LogP contribution is -2.10. The molecule has 0 bridgehead atoms. The molecule has 8 nitrogen and oxygen atoms in total. The van der Waals surface area contributed by atoms with E-state index < -0.39 is 24.0 Å². The van der Waals surface area contributed by atoms with Crippen LogP contribution in [0.1, 0.15) is 55.1 Å². The number of hydrogen-bond donors (Lipinski definition) is 4. The molecule has 0 heterocycles. The highest BCUT2D eigenvalue weighted by Crippen LogP contribution is 2.38. The molecule has 214 valence electrons. The van der Waals surface area contributed by atoms with Gasteiger partial charge in [-0.3, -0.25) is 9.98 Å². The lowest BCUT2D eigenvalue weighted by molar-refractivity contribution is 0.0686. The Morgan fingerprint density at radius 2 is 0.929 bits per heavy atom. The summed E-state index contributed by atoms with van der Waals surface area (Å²) in [6.45, 7) is 0. The number of aromatic hydroxyl groups is 2. The molecule has 4 N–H and O–H groups in total. The van der Waals surface area contributed by atoms with Gasteiger partial charge in [0.1, 0.15) is 23.6 Å². The molecule has 0 spiro atoms. The van der Waals surface area contributed by atoms with E-state index >= 15 is 0 Å². The Hall–Kier alpha value is -3.32. The maximum absolute atomic E-state index is 11.5. The third-order valence-electron chi connectivity index (χ3n) is 6.16. The second kappa shape index (κ2) is 13.8. The van der Waals surface area contributed by atoms with Gasteiger partial charge in [0.15, 0.2) is 0 Å². The Morgan fingerprint density at radius 1 is 0.595 bits per heavy atom. The quantitative estimate of drug-likeness (QED) is 0.125. The fourth-order valence-corrected chi connectivity index (χ4v) is 6.55. The largest absolute Gasteiger partial charge is 0.506 e. The maximum Gasteiger partial charge on any atom is 0.335 e. The Kier molecular flexibility index (Phi) is 10.4. The summed E-state index contributed by atoms with van der Waals surface area (Å²) in [6, 6.07) is 17.6. The second-order valence-corrected chi connectivity index (χ2v) is 12.5. The number of aromatic carboxylic acids is 2. The maximum atomic E-state index is 11.5. The monoisotopic (exact) mass is 820 g/mol. The third-order valence-corrected chi connectivity index (χ3v) is 8.29. The van der Waals surface area contributed by atoms with E-state index in [1.807, 2.05) is 0 Å². The molecule has 12 heteroatoms. The summed E-state index contributed by atoms with van der Waals surface area (Å²) in [7, 11) is 0. The molecule has 0 aliphatic rings. The van der Waals surface area contributed by atoms with E-state index in [0.29, 0.717) is 40.1 Å². The number of hydrogen-bond acceptors (Lipinski definition) is 6. The second-order valence-electron chi connectivity index (χ2n) is 8.95. The average molecular weight is 824 g/mol. The molecule has 0 aliphatic heterocycles. The zero-order valence-electron chi connectivity index (χ0n) is 21.2. The van der Waals surface area contributed by atoms with Crippen molar-refractivity contribution in [2.24, 2.45) is 9.98 Å². The van der Waals surface area contributed by atoms with E-state index in [4.69, 9.17) is 9.98 Å². The van der Waals surface area contributed by atoms with Crippen LogP contribution in [0.4, 0.5) is 0 Å². The number of phenols is 2. The van der Waals surface area contributed by atoms with Crippen molar-refractivity contribution < 1.29 is 30.0 Å². The zero-order valence-corrected chi connectivity index (χ0v) is 27.6. The van der Waals surface area contributed by atoms with Crippen LogP contribution >= 0.6 is 63.7 Å². The van der Waals surface area contributed by atoms with Crippen molar-refractivity contribution in [1.29, 1.82) is 0 Å². The average Bonchev–Trinajstić information content (AvgIpc) is 2.95. The zero-order chi connectivity index (χ0) is 30.6. The summed E-state index contributed by atoms with van der Waals surface area (Å²) < 4.78 is 2.31. The summed E-state index contributed by atoms with van der Waals surface area (Å²) in [4.78, 5) is 32.6. The van der Waals surface area contributed by atoms with Gasteiger partial charge in [-0.1, -0.05) is 56.1 Å². The molecule has 4 aromatic carbocycles. The molecule has 0 saturated heterocycles. The van der Waals surface area contributed by atoms with Crippen molar-refractivity contribution in [3.8, 4) is 11.5 Å². The Balaban J connectivity index is 1.91. The number of rotatable bonds is 9. The summed E-state index contributed by atoms with van der Waals surface area (Å²) >= 11 is 13.5. The number of carboxylic acid groups (broad SMARTS) is 2. The Bertz CT molecular complexity index is 1580. The van der Waals surface area contributed by atoms with Crippen LogP contribution in [0.25, 0.3) is 0 Å². The highest BCUT2D eigenvalue weighted by Gasteiger charge is 2.25. The lowest BCUT2D eigenvalue weighted by atomic mass is 9.92. The number of phenolic OH excluding ortho intramolecular Hbond substituents is 2. The van der Waals surface area contributed by atoms with Crippen LogP contribution in [0, 0.1) is 0 Å². The summed E-state index contributed by atoms with van der Waals surface area (Å²) in [6.07, 6.45) is 2.98. The molecule has 0 radical (unpaired) electrons. The van der Waals surface area contributed by atoms with Gasteiger partial charge in [-0.25, -0.2) is 9.59 Å². The molecule has 0 fully saturated rings. The number of nitrogens with zero attached hydrogens (tertiary/aromatic N) is 2. The molecule has 0 aromatic heterocycles. The first-order chi connectivity index (χ1) is 19.9. The fourth-order valence-electron chi connectivity index (χ4n) is 4.04. The van der Waals surface area contributed by atoms with Crippen LogP contribution in [0.15, 0.2) is 101 Å². The first-order valence-electron chi connectivity index (χ1n) is 12.0. The predicted octanol–water partition coefficient (Wildman–Crippen LogP) is 8.56. The Morgan fingerprint density at radius 3 is 1.24 bits per heavy atom. The molecule has 2 atom stereocenters. The topological polar surface area (TPSA) is 140 Å². The number of aliphatic imine (C=N–C) groups is 2. The van der Waals surface area contributed by atoms with Crippen LogP contribution in [-0.4, -0.2) is 44.8 Å². The van der Waals surface area contributed by atoms with E-state index in [0.717, 1.165) is 0 Å². The van der Waals surface area contributed by atoms with Crippen LogP contribution in [0.5, 0.6) is 11.5 Å². The van der Waals surface area contributed by atoms with Crippen molar-refractivity contribution in [2.75, 3.05) is 0 Å². The van der Waals surface area contributed by atoms with Gasteiger partial charge in [0.05, 0.1) is 20.1 Å². The molecule has 42 heavy (non-hydrogen) atoms. The Labute approximate surface area is 274 Å². The van der Waals surface area contributed by atoms with Crippen molar-refractivity contribution in [3.05, 3.63) is 124 Å². The van der Waals surface area contributed by atoms with Crippen LogP contribution in [0.2, 0.25) is 0 Å². The van der Waals surface area contributed by atoms with E-state index in [9.17, 15) is 30.0 Å². The SMILES string of the molecule is O=C(O)c1ccc([C@H](N=Cc2cc(Br)cc(Br)c2O)[C@@H](N=Cc2cc(Br)cc(Br)c2O)c2ccc(C(=O)O)cc2)cc1. The number of benzene rings is 4. The highest BCUT2D eigenvalue weighted by atomic mass is 79.9. The standard InChI is InChI=1S/C30H20Br4N2O6/c31-21-9-19(27(37)23(33)11-21)13-35-25(15-1-5-17(6-2-15)29(39)40)26(16-3-7-18(8-4-16)30(41)42)36-14-20-10-22(32)12-24(34)28(20)38/h1-14,25-26,37-38H,(H,39,40)(H,41,42)/t25-,26-/m0/s1. The molecular weight excluding hydrogens is 804 g/mol. The minimum atomic E-state index is -1.08. The third kappa shape index (κ3) is 7.54. The first kappa shape index (κ1) is 31.6. The summed E-state index contributed by atoms with van der Waals surface area (Å²) in [5, 5.41) is 40.1. The molecule has 0 unspecified atom stereocenters. The van der Waals surface area contributed by atoms with Gasteiger partial charge in [-0.2, -0.15) is 0 Å². The van der Waals surface area contributed by atoms with Gasteiger partial charge >= 0.3 is 11.9 Å². The van der Waals surface area contributed by atoms with E-state index in [1.165, 1.54) is 36.7 Å². The summed E-state index contributed by atoms with van der Waals surface area (Å²) in [5.74, 6) is -2.23. The summed E-state index contributed by atoms with van der Waals surface area (Å²) in [5.41, 5.74) is 2.19. The predicted molar refractivity (Wildman–Crippen MR) is 174 cm³/mol.